The van der Waals surface area contributed by atoms with Crippen molar-refractivity contribution in [3.63, 3.8) is 0 Å². The van der Waals surface area contributed by atoms with Crippen molar-refractivity contribution in [1.29, 1.82) is 0 Å². The Morgan fingerprint density at radius 3 is 2.11 bits per heavy atom. The zero-order valence-electron chi connectivity index (χ0n) is 11.8. The van der Waals surface area contributed by atoms with Crippen molar-refractivity contribution in [2.75, 3.05) is 19.0 Å². The van der Waals surface area contributed by atoms with Crippen LogP contribution in [0.2, 0.25) is 0 Å². The Kier molecular flexibility index (Phi) is 3.16. The van der Waals surface area contributed by atoms with Crippen LogP contribution in [0.3, 0.4) is 0 Å². The maximum Gasteiger partial charge on any atom is 0.0752 e. The molecule has 0 bridgehead atoms. The molecule has 0 amide bonds. The van der Waals surface area contributed by atoms with Gasteiger partial charge in [-0.05, 0) is 23.1 Å². The molecule has 18 heavy (non-hydrogen) atoms. The summed E-state index contributed by atoms with van der Waals surface area (Å²) in [5.74, 6) is 0. The molecule has 1 aromatic heterocycles. The fourth-order valence-corrected chi connectivity index (χ4v) is 1.80. The predicted octanol–water partition coefficient (Wildman–Crippen LogP) is 3.24. The lowest BCUT2D eigenvalue weighted by Crippen LogP contribution is -2.11. The van der Waals surface area contributed by atoms with E-state index in [0.717, 1.165) is 11.4 Å². The summed E-state index contributed by atoms with van der Waals surface area (Å²) in [5.41, 5.74) is 3.73. The molecule has 0 unspecified atom stereocenters. The van der Waals surface area contributed by atoms with Crippen molar-refractivity contribution >= 4 is 5.69 Å². The van der Waals surface area contributed by atoms with E-state index in [1.165, 1.54) is 5.56 Å². The molecule has 3 nitrogen and oxygen atoms in total. The Balaban J connectivity index is 2.29. The van der Waals surface area contributed by atoms with Crippen molar-refractivity contribution in [3.8, 4) is 5.69 Å². The third kappa shape index (κ3) is 2.55. The summed E-state index contributed by atoms with van der Waals surface area (Å²) in [4.78, 5) is 2.05. The van der Waals surface area contributed by atoms with Crippen molar-refractivity contribution in [2.24, 2.45) is 0 Å². The molecule has 0 spiro atoms. The normalized spacial score (nSPS) is 11.6. The molecule has 0 radical (unpaired) electrons. The van der Waals surface area contributed by atoms with Crippen LogP contribution in [0.1, 0.15) is 26.3 Å². The first-order chi connectivity index (χ1) is 8.38. The average molecular weight is 243 g/mol. The molecule has 3 heteroatoms. The molecule has 0 atom stereocenters. The SMILES string of the molecule is CN(C)c1cnn(-c2ccc(C(C)(C)C)cc2)c1. The molecule has 0 aliphatic heterocycles. The summed E-state index contributed by atoms with van der Waals surface area (Å²) >= 11 is 0. The van der Waals surface area contributed by atoms with Crippen LogP contribution in [0.25, 0.3) is 5.69 Å². The van der Waals surface area contributed by atoms with Gasteiger partial charge < -0.3 is 4.90 Å². The first-order valence-corrected chi connectivity index (χ1v) is 6.21. The zero-order chi connectivity index (χ0) is 13.3. The first-order valence-electron chi connectivity index (χ1n) is 6.21. The van der Waals surface area contributed by atoms with Gasteiger partial charge in [0.15, 0.2) is 0 Å². The smallest absolute Gasteiger partial charge is 0.0752 e. The molecule has 0 aliphatic rings. The molecular weight excluding hydrogens is 222 g/mol. The van der Waals surface area contributed by atoms with Crippen LogP contribution in [-0.2, 0) is 5.41 Å². The van der Waals surface area contributed by atoms with Gasteiger partial charge in [-0.25, -0.2) is 4.68 Å². The number of hydrogen-bond donors (Lipinski definition) is 0. The highest BCUT2D eigenvalue weighted by Gasteiger charge is 2.13. The van der Waals surface area contributed by atoms with E-state index >= 15 is 0 Å². The van der Waals surface area contributed by atoms with Gasteiger partial charge in [-0.1, -0.05) is 32.9 Å². The number of hydrogen-bond acceptors (Lipinski definition) is 2. The van der Waals surface area contributed by atoms with Crippen LogP contribution in [0.4, 0.5) is 5.69 Å². The molecule has 0 N–H and O–H groups in total. The summed E-state index contributed by atoms with van der Waals surface area (Å²) in [6.45, 7) is 6.67. The summed E-state index contributed by atoms with van der Waals surface area (Å²) in [6, 6.07) is 8.58. The van der Waals surface area contributed by atoms with E-state index in [-0.39, 0.29) is 5.41 Å². The maximum atomic E-state index is 4.37. The Bertz CT molecular complexity index is 515. The Morgan fingerprint density at radius 2 is 1.67 bits per heavy atom. The van der Waals surface area contributed by atoms with Gasteiger partial charge in [-0.3, -0.25) is 0 Å². The fraction of sp³-hybridized carbons (Fsp3) is 0.400. The summed E-state index contributed by atoms with van der Waals surface area (Å²) in [5, 5.41) is 4.37. The summed E-state index contributed by atoms with van der Waals surface area (Å²) < 4.78 is 1.90. The Hall–Kier alpha value is -1.77. The van der Waals surface area contributed by atoms with Crippen LogP contribution in [0.15, 0.2) is 36.7 Å². The van der Waals surface area contributed by atoms with Crippen molar-refractivity contribution in [2.45, 2.75) is 26.2 Å². The highest BCUT2D eigenvalue weighted by atomic mass is 15.3. The summed E-state index contributed by atoms with van der Waals surface area (Å²) in [7, 11) is 4.04. The van der Waals surface area contributed by atoms with E-state index in [4.69, 9.17) is 0 Å². The Morgan fingerprint density at radius 1 is 1.06 bits per heavy atom. The van der Waals surface area contributed by atoms with Gasteiger partial charge in [0.05, 0.1) is 23.8 Å². The summed E-state index contributed by atoms with van der Waals surface area (Å²) in [6.07, 6.45) is 3.91. The number of rotatable bonds is 2. The molecule has 96 valence electrons. The minimum atomic E-state index is 0.192. The van der Waals surface area contributed by atoms with Gasteiger partial charge in [-0.2, -0.15) is 5.10 Å². The average Bonchev–Trinajstić information content (AvgIpc) is 2.77. The van der Waals surface area contributed by atoms with Gasteiger partial charge in [0.1, 0.15) is 0 Å². The van der Waals surface area contributed by atoms with Crippen LogP contribution in [0, 0.1) is 0 Å². The second kappa shape index (κ2) is 4.48. The van der Waals surface area contributed by atoms with E-state index in [1.54, 1.807) is 0 Å². The monoisotopic (exact) mass is 243 g/mol. The Labute approximate surface area is 109 Å². The maximum absolute atomic E-state index is 4.37. The van der Waals surface area contributed by atoms with E-state index in [9.17, 15) is 0 Å². The molecule has 1 aromatic carbocycles. The predicted molar refractivity (Wildman–Crippen MR) is 76.6 cm³/mol. The van der Waals surface area contributed by atoms with Crippen molar-refractivity contribution in [1.82, 2.24) is 9.78 Å². The molecule has 0 aliphatic carbocycles. The quantitative estimate of drug-likeness (QED) is 0.807. The molecule has 2 aromatic rings. The standard InChI is InChI=1S/C15H21N3/c1-15(2,3)12-6-8-13(9-7-12)18-11-14(10-16-18)17(4)5/h6-11H,1-5H3. The van der Waals surface area contributed by atoms with Gasteiger partial charge in [0.2, 0.25) is 0 Å². The first kappa shape index (κ1) is 12.7. The second-order valence-electron chi connectivity index (χ2n) is 5.83. The van der Waals surface area contributed by atoms with E-state index in [0.29, 0.717) is 0 Å². The highest BCUT2D eigenvalue weighted by molar-refractivity contribution is 5.44. The van der Waals surface area contributed by atoms with Gasteiger partial charge in [0.25, 0.3) is 0 Å². The second-order valence-corrected chi connectivity index (χ2v) is 5.83. The number of anilines is 1. The van der Waals surface area contributed by atoms with Gasteiger partial charge >= 0.3 is 0 Å². The molecule has 0 fully saturated rings. The third-order valence-electron chi connectivity index (χ3n) is 3.08. The lowest BCUT2D eigenvalue weighted by atomic mass is 9.87. The van der Waals surface area contributed by atoms with Crippen molar-refractivity contribution in [3.05, 3.63) is 42.2 Å². The van der Waals surface area contributed by atoms with Crippen LogP contribution < -0.4 is 4.90 Å². The van der Waals surface area contributed by atoms with E-state index in [2.05, 4.69) is 50.1 Å². The number of aromatic nitrogens is 2. The number of benzene rings is 1. The lowest BCUT2D eigenvalue weighted by molar-refractivity contribution is 0.590. The molecule has 2 rings (SSSR count). The van der Waals surface area contributed by atoms with Gasteiger partial charge in [0, 0.05) is 14.1 Å². The lowest BCUT2D eigenvalue weighted by Gasteiger charge is -2.19. The topological polar surface area (TPSA) is 21.1 Å². The number of nitrogens with zero attached hydrogens (tertiary/aromatic N) is 3. The third-order valence-corrected chi connectivity index (χ3v) is 3.08. The van der Waals surface area contributed by atoms with Crippen LogP contribution in [-0.4, -0.2) is 23.9 Å². The zero-order valence-corrected chi connectivity index (χ0v) is 11.8. The van der Waals surface area contributed by atoms with Crippen LogP contribution in [0.5, 0.6) is 0 Å². The fourth-order valence-electron chi connectivity index (χ4n) is 1.80. The minimum Gasteiger partial charge on any atom is -0.375 e. The molecule has 0 saturated heterocycles. The van der Waals surface area contributed by atoms with Gasteiger partial charge in [-0.15, -0.1) is 0 Å². The molecule has 1 heterocycles. The van der Waals surface area contributed by atoms with E-state index < -0.39 is 0 Å². The molecule has 0 saturated carbocycles. The largest absolute Gasteiger partial charge is 0.375 e. The minimum absolute atomic E-state index is 0.192. The highest BCUT2D eigenvalue weighted by Crippen LogP contribution is 2.23. The molecular formula is C15H21N3. The van der Waals surface area contributed by atoms with E-state index in [1.807, 2.05) is 36.1 Å². The van der Waals surface area contributed by atoms with Crippen molar-refractivity contribution < 1.29 is 0 Å². The van der Waals surface area contributed by atoms with Crippen LogP contribution >= 0.6 is 0 Å².